The Labute approximate surface area is 204 Å². The molecule has 0 aromatic heterocycles. The van der Waals surface area contributed by atoms with E-state index < -0.39 is 29.4 Å². The van der Waals surface area contributed by atoms with Crippen molar-refractivity contribution in [2.45, 2.75) is 31.7 Å². The van der Waals surface area contributed by atoms with E-state index in [4.69, 9.17) is 9.47 Å². The SMILES string of the molecule is CC1(C(=O)N2CCC(C(=O)O)CC2)COCC1NC(=O)OCC1c2ccccc2-c2ccccc21. The molecule has 0 saturated carbocycles. The fraction of sp³-hybridized carbons (Fsp3) is 0.444. The Balaban J connectivity index is 1.22. The van der Waals surface area contributed by atoms with Crippen LogP contribution in [0.15, 0.2) is 48.5 Å². The number of ether oxygens (including phenoxy) is 2. The number of nitrogens with one attached hydrogen (secondary N) is 1. The highest BCUT2D eigenvalue weighted by Crippen LogP contribution is 2.44. The lowest BCUT2D eigenvalue weighted by atomic mass is 9.82. The standard InChI is InChI=1S/C27H30N2O6/c1-27(25(32)29-12-10-17(11-13-29)24(30)31)16-34-15-23(27)28-26(33)35-14-22-20-8-4-2-6-18(20)19-7-3-5-9-21(19)22/h2-9,17,22-23H,10-16H2,1H3,(H,28,33)(H,30,31). The first-order chi connectivity index (χ1) is 16.9. The van der Waals surface area contributed by atoms with Gasteiger partial charge in [0.1, 0.15) is 6.61 Å². The third-order valence-corrected chi connectivity index (χ3v) is 7.71. The third-order valence-electron chi connectivity index (χ3n) is 7.71. The maximum atomic E-state index is 13.3. The average molecular weight is 479 g/mol. The highest BCUT2D eigenvalue weighted by molar-refractivity contribution is 5.85. The number of alkyl carbamates (subject to hydrolysis) is 1. The van der Waals surface area contributed by atoms with Crippen molar-refractivity contribution in [3.8, 4) is 11.1 Å². The highest BCUT2D eigenvalue weighted by Gasteiger charge is 2.49. The number of amides is 2. The molecule has 184 valence electrons. The Morgan fingerprint density at radius 2 is 1.66 bits per heavy atom. The average Bonchev–Trinajstić information content (AvgIpc) is 3.40. The van der Waals surface area contributed by atoms with Crippen LogP contribution in [0.4, 0.5) is 4.79 Å². The van der Waals surface area contributed by atoms with Gasteiger partial charge in [-0.25, -0.2) is 4.79 Å². The van der Waals surface area contributed by atoms with Crippen molar-refractivity contribution in [2.75, 3.05) is 32.9 Å². The van der Waals surface area contributed by atoms with Gasteiger partial charge in [-0.05, 0) is 42.0 Å². The molecular formula is C27H30N2O6. The number of benzene rings is 2. The number of piperidine rings is 1. The van der Waals surface area contributed by atoms with Crippen LogP contribution in [-0.2, 0) is 19.1 Å². The first-order valence-corrected chi connectivity index (χ1v) is 12.1. The Hall–Kier alpha value is -3.39. The molecule has 2 unspecified atom stereocenters. The quantitative estimate of drug-likeness (QED) is 0.684. The van der Waals surface area contributed by atoms with Gasteiger partial charge >= 0.3 is 12.1 Å². The number of carbonyl (C=O) groups is 3. The fourth-order valence-corrected chi connectivity index (χ4v) is 5.56. The van der Waals surface area contributed by atoms with Gasteiger partial charge in [0.25, 0.3) is 0 Å². The molecule has 2 atom stereocenters. The van der Waals surface area contributed by atoms with E-state index >= 15 is 0 Å². The number of likely N-dealkylation sites (tertiary alicyclic amines) is 1. The molecule has 8 heteroatoms. The second-order valence-electron chi connectivity index (χ2n) is 9.86. The van der Waals surface area contributed by atoms with Gasteiger partial charge in [-0.15, -0.1) is 0 Å². The molecule has 2 heterocycles. The molecule has 2 N–H and O–H groups in total. The van der Waals surface area contributed by atoms with E-state index in [0.29, 0.717) is 25.9 Å². The van der Waals surface area contributed by atoms with E-state index in [0.717, 1.165) is 22.3 Å². The Bertz CT molecular complexity index is 1100. The topological polar surface area (TPSA) is 105 Å². The van der Waals surface area contributed by atoms with Crippen LogP contribution < -0.4 is 5.32 Å². The number of carbonyl (C=O) groups excluding carboxylic acids is 2. The van der Waals surface area contributed by atoms with Crippen LogP contribution in [0.3, 0.4) is 0 Å². The summed E-state index contributed by atoms with van der Waals surface area (Å²) in [4.78, 5) is 39.1. The van der Waals surface area contributed by atoms with Crippen LogP contribution in [0.5, 0.6) is 0 Å². The van der Waals surface area contributed by atoms with E-state index in [-0.39, 0.29) is 31.6 Å². The van der Waals surface area contributed by atoms with Crippen LogP contribution in [0.1, 0.15) is 36.8 Å². The van der Waals surface area contributed by atoms with Gasteiger partial charge in [-0.2, -0.15) is 0 Å². The van der Waals surface area contributed by atoms with Gasteiger partial charge in [0.05, 0.1) is 30.6 Å². The summed E-state index contributed by atoms with van der Waals surface area (Å²) in [6, 6.07) is 15.8. The van der Waals surface area contributed by atoms with Gasteiger partial charge in [-0.3, -0.25) is 9.59 Å². The van der Waals surface area contributed by atoms with E-state index in [1.54, 1.807) is 11.8 Å². The van der Waals surface area contributed by atoms with Crippen molar-refractivity contribution >= 4 is 18.0 Å². The Morgan fingerprint density at radius 1 is 1.06 bits per heavy atom. The largest absolute Gasteiger partial charge is 0.481 e. The zero-order valence-electron chi connectivity index (χ0n) is 19.7. The van der Waals surface area contributed by atoms with Crippen molar-refractivity contribution in [1.82, 2.24) is 10.2 Å². The highest BCUT2D eigenvalue weighted by atomic mass is 16.5. The molecule has 0 spiro atoms. The molecule has 35 heavy (non-hydrogen) atoms. The summed E-state index contributed by atoms with van der Waals surface area (Å²) in [5.74, 6) is -1.40. The number of hydrogen-bond acceptors (Lipinski definition) is 5. The zero-order valence-corrected chi connectivity index (χ0v) is 19.7. The number of carboxylic acids is 1. The molecule has 2 fully saturated rings. The molecule has 2 amide bonds. The summed E-state index contributed by atoms with van der Waals surface area (Å²) in [6.45, 7) is 3.18. The molecule has 2 aromatic rings. The predicted octanol–water partition coefficient (Wildman–Crippen LogP) is 3.25. The number of carboxylic acid groups (broad SMARTS) is 1. The Morgan fingerprint density at radius 3 is 2.26 bits per heavy atom. The number of aliphatic carboxylic acids is 1. The van der Waals surface area contributed by atoms with Crippen LogP contribution in [-0.4, -0.2) is 66.9 Å². The van der Waals surface area contributed by atoms with E-state index in [9.17, 15) is 19.5 Å². The summed E-state index contributed by atoms with van der Waals surface area (Å²) in [6.07, 6.45) is 0.288. The molecule has 0 radical (unpaired) electrons. The fourth-order valence-electron chi connectivity index (χ4n) is 5.56. The van der Waals surface area contributed by atoms with Crippen LogP contribution >= 0.6 is 0 Å². The molecule has 2 saturated heterocycles. The maximum Gasteiger partial charge on any atom is 0.407 e. The van der Waals surface area contributed by atoms with Crippen LogP contribution in [0.2, 0.25) is 0 Å². The number of rotatable bonds is 5. The number of hydrogen-bond donors (Lipinski definition) is 2. The lowest BCUT2D eigenvalue weighted by Crippen LogP contribution is -2.56. The number of nitrogens with zero attached hydrogens (tertiary/aromatic N) is 1. The van der Waals surface area contributed by atoms with Gasteiger partial charge in [0.15, 0.2) is 0 Å². The van der Waals surface area contributed by atoms with Gasteiger partial charge in [0.2, 0.25) is 5.91 Å². The molecule has 2 aromatic carbocycles. The van der Waals surface area contributed by atoms with E-state index in [2.05, 4.69) is 29.6 Å². The van der Waals surface area contributed by atoms with E-state index in [1.165, 1.54) is 0 Å². The molecule has 1 aliphatic carbocycles. The minimum Gasteiger partial charge on any atom is -0.481 e. The lowest BCUT2D eigenvalue weighted by Gasteiger charge is -2.37. The van der Waals surface area contributed by atoms with Crippen molar-refractivity contribution < 1.29 is 29.0 Å². The van der Waals surface area contributed by atoms with E-state index in [1.807, 2.05) is 24.3 Å². The first-order valence-electron chi connectivity index (χ1n) is 12.1. The smallest absolute Gasteiger partial charge is 0.407 e. The monoisotopic (exact) mass is 478 g/mol. The minimum absolute atomic E-state index is 0.0449. The second kappa shape index (κ2) is 9.34. The zero-order chi connectivity index (χ0) is 24.6. The van der Waals surface area contributed by atoms with Crippen LogP contribution in [0.25, 0.3) is 11.1 Å². The van der Waals surface area contributed by atoms with Gasteiger partial charge < -0.3 is 24.8 Å². The van der Waals surface area contributed by atoms with Crippen molar-refractivity contribution in [3.05, 3.63) is 59.7 Å². The molecular weight excluding hydrogens is 448 g/mol. The number of fused-ring (bicyclic) bond motifs is 3. The summed E-state index contributed by atoms with van der Waals surface area (Å²) < 4.78 is 11.3. The summed E-state index contributed by atoms with van der Waals surface area (Å²) in [5, 5.41) is 12.1. The summed E-state index contributed by atoms with van der Waals surface area (Å²) in [7, 11) is 0. The third kappa shape index (κ3) is 4.27. The lowest BCUT2D eigenvalue weighted by molar-refractivity contribution is -0.149. The van der Waals surface area contributed by atoms with Crippen molar-refractivity contribution in [1.29, 1.82) is 0 Å². The second-order valence-corrected chi connectivity index (χ2v) is 9.86. The molecule has 0 bridgehead atoms. The van der Waals surface area contributed by atoms with Crippen LogP contribution in [0, 0.1) is 11.3 Å². The molecule has 8 nitrogen and oxygen atoms in total. The van der Waals surface area contributed by atoms with Crippen molar-refractivity contribution in [3.63, 3.8) is 0 Å². The maximum absolute atomic E-state index is 13.3. The van der Waals surface area contributed by atoms with Gasteiger partial charge in [0, 0.05) is 19.0 Å². The summed E-state index contributed by atoms with van der Waals surface area (Å²) >= 11 is 0. The molecule has 2 aliphatic heterocycles. The minimum atomic E-state index is -0.929. The Kier molecular flexibility index (Phi) is 6.23. The normalized spacial score (nSPS) is 24.0. The summed E-state index contributed by atoms with van der Waals surface area (Å²) in [5.41, 5.74) is 3.66. The molecule has 3 aliphatic rings. The molecule has 5 rings (SSSR count). The predicted molar refractivity (Wildman–Crippen MR) is 128 cm³/mol. The van der Waals surface area contributed by atoms with Crippen molar-refractivity contribution in [2.24, 2.45) is 11.3 Å². The van der Waals surface area contributed by atoms with Gasteiger partial charge in [-0.1, -0.05) is 48.5 Å². The first kappa shape index (κ1) is 23.4.